The molecule has 1 amide bonds. The van der Waals surface area contributed by atoms with E-state index in [-0.39, 0.29) is 23.8 Å². The highest BCUT2D eigenvalue weighted by Gasteiger charge is 2.30. The minimum Gasteiger partial charge on any atom is -0.349 e. The Morgan fingerprint density at radius 1 is 1.11 bits per heavy atom. The van der Waals surface area contributed by atoms with E-state index < -0.39 is 0 Å². The average Bonchev–Trinajstić information content (AvgIpc) is 3.64. The number of ketones is 1. The van der Waals surface area contributed by atoms with Crippen molar-refractivity contribution in [3.63, 3.8) is 0 Å². The molecule has 7 heteroatoms. The van der Waals surface area contributed by atoms with Crippen LogP contribution in [-0.4, -0.2) is 27.3 Å². The lowest BCUT2D eigenvalue weighted by Gasteiger charge is -2.32. The molecule has 37 heavy (non-hydrogen) atoms. The minimum atomic E-state index is 0.0362. The summed E-state index contributed by atoms with van der Waals surface area (Å²) in [5, 5.41) is 5.62. The summed E-state index contributed by atoms with van der Waals surface area (Å²) in [7, 11) is 0. The maximum absolute atomic E-state index is 12.9. The van der Waals surface area contributed by atoms with Crippen molar-refractivity contribution in [1.29, 1.82) is 0 Å². The Morgan fingerprint density at radius 2 is 1.97 bits per heavy atom. The van der Waals surface area contributed by atoms with Crippen LogP contribution in [0.5, 0.6) is 0 Å². The summed E-state index contributed by atoms with van der Waals surface area (Å²) in [4.78, 5) is 34.0. The molecular formula is C30H33N3O2S2. The van der Waals surface area contributed by atoms with Gasteiger partial charge in [-0.15, -0.1) is 22.7 Å². The van der Waals surface area contributed by atoms with Crippen LogP contribution in [-0.2, 0) is 12.8 Å². The van der Waals surface area contributed by atoms with E-state index in [4.69, 9.17) is 4.98 Å². The van der Waals surface area contributed by atoms with Crippen molar-refractivity contribution < 1.29 is 9.59 Å². The number of benzene rings is 1. The van der Waals surface area contributed by atoms with Crippen LogP contribution in [0.3, 0.4) is 0 Å². The standard InChI is InChI=1S/C30H33N3O2S2/c1-3-26(34)19-12-13-25-24(15-19)32-29(23-17-36-27-10-5-4-9-22(23)27)33(25)21-8-6-7-20(16-21)31-30(35)28-14-11-18(2)37-28/h11-15,17,20-21H,3-10,16H2,1-2H3,(H,31,35)/t20-,21+/m1/s1. The highest BCUT2D eigenvalue weighted by molar-refractivity contribution is 7.14. The molecular weight excluding hydrogens is 498 g/mol. The molecule has 192 valence electrons. The number of carbonyl (C=O) groups excluding carboxylic acids is 2. The molecule has 2 aliphatic rings. The van der Waals surface area contributed by atoms with Gasteiger partial charge in [0, 0.05) is 44.8 Å². The number of Topliss-reactive ketones (excluding diaryl/α,β-unsaturated/α-hetero) is 1. The fourth-order valence-corrected chi connectivity index (χ4v) is 7.95. The molecule has 6 rings (SSSR count). The highest BCUT2D eigenvalue weighted by atomic mass is 32.1. The van der Waals surface area contributed by atoms with Crippen LogP contribution in [0.4, 0.5) is 0 Å². The van der Waals surface area contributed by atoms with Crippen molar-refractivity contribution in [3.05, 3.63) is 61.5 Å². The number of nitrogens with one attached hydrogen (secondary N) is 1. The molecule has 1 fully saturated rings. The van der Waals surface area contributed by atoms with E-state index in [2.05, 4.69) is 21.3 Å². The number of carbonyl (C=O) groups is 2. The van der Waals surface area contributed by atoms with Crippen LogP contribution in [0, 0.1) is 6.92 Å². The molecule has 3 heterocycles. The van der Waals surface area contributed by atoms with Gasteiger partial charge < -0.3 is 9.88 Å². The van der Waals surface area contributed by atoms with Crippen molar-refractivity contribution in [1.82, 2.24) is 14.9 Å². The Labute approximate surface area is 225 Å². The number of nitrogens with zero attached hydrogens (tertiary/aromatic N) is 2. The SMILES string of the molecule is CCC(=O)c1ccc2c(c1)nc(-c1csc3c1CCCC3)n2[C@H]1CCC[C@@H](NC(=O)c2ccc(C)s2)C1. The second kappa shape index (κ2) is 10.2. The number of aromatic nitrogens is 2. The predicted molar refractivity (Wildman–Crippen MR) is 152 cm³/mol. The lowest BCUT2D eigenvalue weighted by Crippen LogP contribution is -2.38. The summed E-state index contributed by atoms with van der Waals surface area (Å²) >= 11 is 3.42. The van der Waals surface area contributed by atoms with Crippen molar-refractivity contribution in [2.24, 2.45) is 0 Å². The molecule has 0 bridgehead atoms. The third kappa shape index (κ3) is 4.68. The van der Waals surface area contributed by atoms with Gasteiger partial charge in [0.25, 0.3) is 5.91 Å². The molecule has 3 aromatic heterocycles. The minimum absolute atomic E-state index is 0.0362. The molecule has 0 unspecified atom stereocenters. The van der Waals surface area contributed by atoms with E-state index in [0.717, 1.165) is 70.7 Å². The van der Waals surface area contributed by atoms with Gasteiger partial charge >= 0.3 is 0 Å². The van der Waals surface area contributed by atoms with E-state index >= 15 is 0 Å². The van der Waals surface area contributed by atoms with Crippen molar-refractivity contribution in [2.45, 2.75) is 83.7 Å². The first-order chi connectivity index (χ1) is 18.0. The van der Waals surface area contributed by atoms with Gasteiger partial charge in [0.05, 0.1) is 15.9 Å². The summed E-state index contributed by atoms with van der Waals surface area (Å²) < 4.78 is 2.43. The van der Waals surface area contributed by atoms with Gasteiger partial charge in [-0.1, -0.05) is 6.92 Å². The Morgan fingerprint density at radius 3 is 2.78 bits per heavy atom. The van der Waals surface area contributed by atoms with E-state index in [1.54, 1.807) is 11.3 Å². The lowest BCUT2D eigenvalue weighted by atomic mass is 9.90. The van der Waals surface area contributed by atoms with Crippen LogP contribution >= 0.6 is 22.7 Å². The topological polar surface area (TPSA) is 64.0 Å². The molecule has 0 saturated heterocycles. The third-order valence-corrected chi connectivity index (χ3v) is 10.0. The fraction of sp³-hybridized carbons (Fsp3) is 0.433. The summed E-state index contributed by atoms with van der Waals surface area (Å²) in [6.07, 6.45) is 9.26. The quantitative estimate of drug-likeness (QED) is 0.262. The molecule has 0 spiro atoms. The second-order valence-electron chi connectivity index (χ2n) is 10.4. The predicted octanol–water partition coefficient (Wildman–Crippen LogP) is 7.52. The van der Waals surface area contributed by atoms with Gasteiger partial charge in [-0.25, -0.2) is 4.98 Å². The number of hydrogen-bond donors (Lipinski definition) is 1. The molecule has 1 N–H and O–H groups in total. The summed E-state index contributed by atoms with van der Waals surface area (Å²) in [5.41, 5.74) is 5.44. The molecule has 5 nitrogen and oxygen atoms in total. The van der Waals surface area contributed by atoms with Gasteiger partial charge in [0.2, 0.25) is 0 Å². The van der Waals surface area contributed by atoms with E-state index in [9.17, 15) is 9.59 Å². The molecule has 4 aromatic rings. The molecule has 1 aromatic carbocycles. The molecule has 1 saturated carbocycles. The smallest absolute Gasteiger partial charge is 0.261 e. The number of rotatable bonds is 6. The first-order valence-electron chi connectivity index (χ1n) is 13.5. The van der Waals surface area contributed by atoms with E-state index in [1.807, 2.05) is 49.4 Å². The van der Waals surface area contributed by atoms with Crippen molar-refractivity contribution in [2.75, 3.05) is 0 Å². The van der Waals surface area contributed by atoms with Crippen LogP contribution in [0.25, 0.3) is 22.4 Å². The summed E-state index contributed by atoms with van der Waals surface area (Å²) in [6.45, 7) is 3.94. The number of thiophene rings is 2. The van der Waals surface area contributed by atoms with Gasteiger partial charge in [0.1, 0.15) is 5.82 Å². The van der Waals surface area contributed by atoms with Gasteiger partial charge in [-0.2, -0.15) is 0 Å². The van der Waals surface area contributed by atoms with Crippen molar-refractivity contribution >= 4 is 45.4 Å². The lowest BCUT2D eigenvalue weighted by molar-refractivity contribution is 0.0924. The van der Waals surface area contributed by atoms with Gasteiger partial charge in [0.15, 0.2) is 5.78 Å². The number of fused-ring (bicyclic) bond motifs is 2. The Hall–Kier alpha value is -2.77. The van der Waals surface area contributed by atoms with Crippen LogP contribution in [0.15, 0.2) is 35.7 Å². The van der Waals surface area contributed by atoms with Crippen molar-refractivity contribution in [3.8, 4) is 11.4 Å². The van der Waals surface area contributed by atoms with Gasteiger partial charge in [-0.05, 0) is 94.2 Å². The van der Waals surface area contributed by atoms with Crippen LogP contribution in [0.2, 0.25) is 0 Å². The first-order valence-corrected chi connectivity index (χ1v) is 15.2. The molecule has 2 aliphatic carbocycles. The van der Waals surface area contributed by atoms with Crippen LogP contribution in [0.1, 0.15) is 93.3 Å². The highest BCUT2D eigenvalue weighted by Crippen LogP contribution is 2.41. The largest absolute Gasteiger partial charge is 0.349 e. The molecule has 2 atom stereocenters. The Balaban J connectivity index is 1.38. The zero-order valence-electron chi connectivity index (χ0n) is 21.5. The number of amides is 1. The zero-order valence-corrected chi connectivity index (χ0v) is 23.1. The summed E-state index contributed by atoms with van der Waals surface area (Å²) in [6, 6.07) is 10.3. The fourth-order valence-electron chi connectivity index (χ4n) is 6.06. The van der Waals surface area contributed by atoms with Gasteiger partial charge in [-0.3, -0.25) is 9.59 Å². The van der Waals surface area contributed by atoms with E-state index in [0.29, 0.717) is 6.42 Å². The third-order valence-electron chi connectivity index (χ3n) is 7.95. The van der Waals surface area contributed by atoms with Crippen LogP contribution < -0.4 is 5.32 Å². The second-order valence-corrected chi connectivity index (χ2v) is 12.7. The maximum Gasteiger partial charge on any atom is 0.261 e. The zero-order chi connectivity index (χ0) is 25.5. The van der Waals surface area contributed by atoms with E-state index in [1.165, 1.54) is 28.8 Å². The molecule has 0 radical (unpaired) electrons. The summed E-state index contributed by atoms with van der Waals surface area (Å²) in [5.74, 6) is 1.21. The first kappa shape index (κ1) is 24.6. The average molecular weight is 532 g/mol. The normalized spacial score (nSPS) is 19.6. The Kier molecular flexibility index (Phi) is 6.76. The maximum atomic E-state index is 12.9. The number of hydrogen-bond acceptors (Lipinski definition) is 5. The monoisotopic (exact) mass is 531 g/mol. The number of aryl methyl sites for hydroxylation is 2. The Bertz CT molecular complexity index is 1480. The molecule has 0 aliphatic heterocycles. The number of imidazole rings is 1.